The van der Waals surface area contributed by atoms with Crippen molar-refractivity contribution in [1.29, 1.82) is 0 Å². The van der Waals surface area contributed by atoms with E-state index in [1.807, 2.05) is 42.5 Å². The second-order valence-corrected chi connectivity index (χ2v) is 7.13. The zero-order valence-electron chi connectivity index (χ0n) is 14.3. The molecule has 3 aromatic rings. The summed E-state index contributed by atoms with van der Waals surface area (Å²) in [7, 11) is 0. The van der Waals surface area contributed by atoms with Gasteiger partial charge in [-0.05, 0) is 12.1 Å². The van der Waals surface area contributed by atoms with Gasteiger partial charge in [-0.3, -0.25) is 14.2 Å². The summed E-state index contributed by atoms with van der Waals surface area (Å²) in [5.41, 5.74) is 1.01. The Kier molecular flexibility index (Phi) is 6.00. The summed E-state index contributed by atoms with van der Waals surface area (Å²) in [6.07, 6.45) is 6.36. The maximum atomic E-state index is 11.5. The number of amides is 1. The molecule has 8 heteroatoms. The predicted octanol–water partition coefficient (Wildman–Crippen LogP) is 3.98. The lowest BCUT2D eigenvalue weighted by atomic mass is 10.2. The van der Waals surface area contributed by atoms with Crippen LogP contribution >= 0.6 is 24.0 Å². The van der Waals surface area contributed by atoms with E-state index in [1.54, 1.807) is 18.5 Å². The summed E-state index contributed by atoms with van der Waals surface area (Å²) in [5.74, 6) is 1.23. The molecule has 0 spiro atoms. The molecule has 1 amide bonds. The Morgan fingerprint density at radius 3 is 2.59 bits per heavy atom. The van der Waals surface area contributed by atoms with Crippen LogP contribution in [0.3, 0.4) is 0 Å². The van der Waals surface area contributed by atoms with Gasteiger partial charge in [-0.1, -0.05) is 54.3 Å². The molecule has 1 saturated heterocycles. The number of hydrogen-bond acceptors (Lipinski definition) is 6. The van der Waals surface area contributed by atoms with E-state index in [0.717, 1.165) is 11.3 Å². The molecule has 1 N–H and O–H groups in total. The van der Waals surface area contributed by atoms with Crippen LogP contribution in [0.5, 0.6) is 0 Å². The summed E-state index contributed by atoms with van der Waals surface area (Å²) in [6, 6.07) is 13.5. The highest BCUT2D eigenvalue weighted by Gasteiger charge is 2.22. The first-order chi connectivity index (χ1) is 13.0. The fraction of sp³-hybridized carbons (Fsp3) is 0.0526. The van der Waals surface area contributed by atoms with E-state index < -0.39 is 0 Å². The van der Waals surface area contributed by atoms with E-state index in [2.05, 4.69) is 10.3 Å². The Morgan fingerprint density at radius 2 is 2.04 bits per heavy atom. The molecule has 3 heterocycles. The standard InChI is InChI=1S/C14H9NO2S2.C5H6N2O/c16-13-12(19-14(18)15-13)8-10-6-7-11(17-10)9-4-2-1-3-5-9;1-5(8)7-3-2-6-4-7/h1-8H,(H,15,16,18);2-4H,1H3/b12-8-;. The number of carbonyl (C=O) groups excluding carboxylic acids is 2. The Labute approximate surface area is 165 Å². The van der Waals surface area contributed by atoms with E-state index in [9.17, 15) is 9.59 Å². The van der Waals surface area contributed by atoms with Crippen molar-refractivity contribution in [2.75, 3.05) is 0 Å². The van der Waals surface area contributed by atoms with Crippen LogP contribution in [-0.4, -0.2) is 25.7 Å². The van der Waals surface area contributed by atoms with Gasteiger partial charge in [0.2, 0.25) is 5.91 Å². The highest BCUT2D eigenvalue weighted by molar-refractivity contribution is 8.26. The van der Waals surface area contributed by atoms with Crippen molar-refractivity contribution < 1.29 is 14.0 Å². The second kappa shape index (κ2) is 8.61. The Balaban J connectivity index is 0.000000221. The molecule has 1 aliphatic heterocycles. The SMILES string of the molecule is CC(=O)n1ccnc1.O=C1NC(=S)S/C1=C\c1ccc(-c2ccccc2)o1. The van der Waals surface area contributed by atoms with Crippen molar-refractivity contribution in [3.8, 4) is 11.3 Å². The van der Waals surface area contributed by atoms with E-state index in [1.165, 1.54) is 29.6 Å². The Morgan fingerprint density at radius 1 is 1.26 bits per heavy atom. The van der Waals surface area contributed by atoms with E-state index in [4.69, 9.17) is 16.6 Å². The van der Waals surface area contributed by atoms with Gasteiger partial charge in [0.05, 0.1) is 4.91 Å². The highest BCUT2D eigenvalue weighted by atomic mass is 32.2. The second-order valence-electron chi connectivity index (χ2n) is 5.41. The van der Waals surface area contributed by atoms with Gasteiger partial charge in [0, 0.05) is 31.0 Å². The lowest BCUT2D eigenvalue weighted by molar-refractivity contribution is -0.115. The van der Waals surface area contributed by atoms with Crippen LogP contribution < -0.4 is 5.32 Å². The Bertz CT molecular complexity index is 992. The van der Waals surface area contributed by atoms with Gasteiger partial charge in [0.1, 0.15) is 22.2 Å². The van der Waals surface area contributed by atoms with Crippen molar-refractivity contribution in [2.45, 2.75) is 6.92 Å². The van der Waals surface area contributed by atoms with Crippen LogP contribution in [-0.2, 0) is 4.79 Å². The third-order valence-electron chi connectivity index (χ3n) is 3.47. The number of nitrogens with zero attached hydrogens (tertiary/aromatic N) is 2. The molecule has 0 aliphatic carbocycles. The highest BCUT2D eigenvalue weighted by Crippen LogP contribution is 2.28. The van der Waals surface area contributed by atoms with Gasteiger partial charge in [-0.15, -0.1) is 0 Å². The first-order valence-corrected chi connectivity index (χ1v) is 9.14. The zero-order chi connectivity index (χ0) is 19.2. The first kappa shape index (κ1) is 18.8. The van der Waals surface area contributed by atoms with Crippen molar-refractivity contribution in [3.63, 3.8) is 0 Å². The number of nitrogens with one attached hydrogen (secondary N) is 1. The average molecular weight is 397 g/mol. The van der Waals surface area contributed by atoms with E-state index in [-0.39, 0.29) is 11.8 Å². The monoisotopic (exact) mass is 397 g/mol. The smallest absolute Gasteiger partial charge is 0.263 e. The van der Waals surface area contributed by atoms with Crippen molar-refractivity contribution >= 4 is 46.2 Å². The third kappa shape index (κ3) is 5.02. The third-order valence-corrected chi connectivity index (χ3v) is 4.63. The van der Waals surface area contributed by atoms with Crippen LogP contribution in [0.2, 0.25) is 0 Å². The summed E-state index contributed by atoms with van der Waals surface area (Å²) < 4.78 is 7.60. The quantitative estimate of drug-likeness (QED) is 0.521. The fourth-order valence-electron chi connectivity index (χ4n) is 2.18. The minimum Gasteiger partial charge on any atom is -0.457 e. The number of aromatic nitrogens is 2. The molecule has 0 saturated carbocycles. The van der Waals surface area contributed by atoms with Gasteiger partial charge in [0.25, 0.3) is 5.91 Å². The zero-order valence-corrected chi connectivity index (χ0v) is 15.9. The number of thiocarbonyl (C=S) groups is 1. The molecule has 0 unspecified atom stereocenters. The molecule has 0 atom stereocenters. The van der Waals surface area contributed by atoms with Crippen LogP contribution in [0.25, 0.3) is 17.4 Å². The molecule has 6 nitrogen and oxygen atoms in total. The van der Waals surface area contributed by atoms with Crippen LogP contribution in [0.4, 0.5) is 0 Å². The molecule has 4 rings (SSSR count). The van der Waals surface area contributed by atoms with Gasteiger partial charge in [-0.25, -0.2) is 4.98 Å². The maximum absolute atomic E-state index is 11.5. The number of rotatable bonds is 2. The van der Waals surface area contributed by atoms with Crippen molar-refractivity contribution in [3.05, 3.63) is 71.9 Å². The number of thioether (sulfide) groups is 1. The molecular formula is C19H15N3O3S2. The topological polar surface area (TPSA) is 77.1 Å². The molecule has 0 bridgehead atoms. The van der Waals surface area contributed by atoms with E-state index in [0.29, 0.717) is 15.0 Å². The van der Waals surface area contributed by atoms with Crippen LogP contribution in [0, 0.1) is 0 Å². The van der Waals surface area contributed by atoms with Crippen molar-refractivity contribution in [1.82, 2.24) is 14.9 Å². The van der Waals surface area contributed by atoms with Gasteiger partial charge in [0.15, 0.2) is 0 Å². The normalized spacial score (nSPS) is 14.6. The van der Waals surface area contributed by atoms with Crippen LogP contribution in [0.1, 0.15) is 17.5 Å². The first-order valence-electron chi connectivity index (χ1n) is 7.92. The summed E-state index contributed by atoms with van der Waals surface area (Å²) in [5, 5.41) is 2.57. The maximum Gasteiger partial charge on any atom is 0.263 e. The average Bonchev–Trinajstić information content (AvgIpc) is 3.39. The minimum atomic E-state index is -0.173. The summed E-state index contributed by atoms with van der Waals surface area (Å²) >= 11 is 6.18. The number of benzene rings is 1. The number of carbonyl (C=O) groups is 2. The largest absolute Gasteiger partial charge is 0.457 e. The molecule has 136 valence electrons. The number of furan rings is 1. The van der Waals surface area contributed by atoms with Gasteiger partial charge >= 0.3 is 0 Å². The summed E-state index contributed by atoms with van der Waals surface area (Å²) in [4.78, 5) is 26.2. The molecule has 2 aromatic heterocycles. The molecular weight excluding hydrogens is 382 g/mol. The molecule has 27 heavy (non-hydrogen) atoms. The minimum absolute atomic E-state index is 0.0116. The number of hydrogen-bond donors (Lipinski definition) is 1. The molecule has 1 fully saturated rings. The van der Waals surface area contributed by atoms with Gasteiger partial charge < -0.3 is 9.73 Å². The lowest BCUT2D eigenvalue weighted by Gasteiger charge is -1.95. The van der Waals surface area contributed by atoms with Gasteiger partial charge in [-0.2, -0.15) is 0 Å². The fourth-order valence-corrected chi connectivity index (χ4v) is 3.21. The van der Waals surface area contributed by atoms with E-state index >= 15 is 0 Å². The number of imidazole rings is 1. The molecule has 1 aliphatic rings. The molecule has 0 radical (unpaired) electrons. The summed E-state index contributed by atoms with van der Waals surface area (Å²) in [6.45, 7) is 1.49. The predicted molar refractivity (Wildman–Crippen MR) is 109 cm³/mol. The van der Waals surface area contributed by atoms with Crippen LogP contribution in [0.15, 0.2) is 70.5 Å². The molecule has 1 aromatic carbocycles. The Hall–Kier alpha value is -2.97. The van der Waals surface area contributed by atoms with Crippen molar-refractivity contribution in [2.24, 2.45) is 0 Å². The lowest BCUT2D eigenvalue weighted by Crippen LogP contribution is -2.17.